The molecule has 4 heteroatoms. The number of nitrogens with zero attached hydrogens (tertiary/aromatic N) is 1. The van der Waals surface area contributed by atoms with Gasteiger partial charge in [0.1, 0.15) is 0 Å². The molecule has 0 aromatic rings. The Kier molecular flexibility index (Phi) is 8.15. The molecule has 0 aliphatic carbocycles. The Balaban J connectivity index is 2.07. The first-order valence-corrected chi connectivity index (χ1v) is 8.21. The molecule has 1 heterocycles. The number of hydrogen-bond donors (Lipinski definition) is 2. The summed E-state index contributed by atoms with van der Waals surface area (Å²) in [6.45, 7) is 7.28. The molecule has 0 saturated carbocycles. The van der Waals surface area contributed by atoms with E-state index in [0.717, 1.165) is 38.1 Å². The number of carbonyl (C=O) groups excluding carboxylic acids is 1. The van der Waals surface area contributed by atoms with Gasteiger partial charge < -0.3 is 16.0 Å². The third kappa shape index (κ3) is 7.25. The molecule has 2 atom stereocenters. The second-order valence-corrected chi connectivity index (χ2v) is 6.64. The number of nitrogens with two attached hydrogens (primary N) is 1. The van der Waals surface area contributed by atoms with Crippen LogP contribution in [-0.2, 0) is 4.79 Å². The normalized spacial score (nSPS) is 20.6. The Morgan fingerprint density at radius 3 is 2.55 bits per heavy atom. The van der Waals surface area contributed by atoms with Crippen LogP contribution in [0.4, 0.5) is 0 Å². The quantitative estimate of drug-likeness (QED) is 0.716. The van der Waals surface area contributed by atoms with Crippen LogP contribution in [0.15, 0.2) is 0 Å². The fourth-order valence-electron chi connectivity index (χ4n) is 2.80. The first-order chi connectivity index (χ1) is 9.49. The van der Waals surface area contributed by atoms with Gasteiger partial charge >= 0.3 is 0 Å². The van der Waals surface area contributed by atoms with Crippen LogP contribution >= 0.6 is 0 Å². The fourth-order valence-corrected chi connectivity index (χ4v) is 2.80. The third-order valence-corrected chi connectivity index (χ3v) is 4.43. The van der Waals surface area contributed by atoms with Gasteiger partial charge in [0.25, 0.3) is 0 Å². The monoisotopic (exact) mass is 283 g/mol. The second-order valence-electron chi connectivity index (χ2n) is 6.64. The van der Waals surface area contributed by atoms with E-state index in [1.54, 1.807) is 0 Å². The Hall–Kier alpha value is -0.610. The maximum atomic E-state index is 12.0. The smallest absolute Gasteiger partial charge is 0.222 e. The van der Waals surface area contributed by atoms with Gasteiger partial charge in [0.15, 0.2) is 0 Å². The summed E-state index contributed by atoms with van der Waals surface area (Å²) in [5.41, 5.74) is 5.72. The van der Waals surface area contributed by atoms with E-state index < -0.39 is 0 Å². The van der Waals surface area contributed by atoms with Gasteiger partial charge in [-0.05, 0) is 65.1 Å². The maximum Gasteiger partial charge on any atom is 0.222 e. The number of likely N-dealkylation sites (tertiary alicyclic amines) is 1. The van der Waals surface area contributed by atoms with E-state index in [1.165, 1.54) is 25.9 Å². The molecule has 3 N–H and O–H groups in total. The first-order valence-electron chi connectivity index (χ1n) is 8.21. The molecule has 1 saturated heterocycles. The van der Waals surface area contributed by atoms with Crippen LogP contribution < -0.4 is 11.1 Å². The Labute approximate surface area is 124 Å². The standard InChI is InChI=1S/C16H33N3O/c1-13(5-4-6-14(2)17)16(20)18-10-7-15-8-11-19(3)12-9-15/h13-15H,4-12,17H2,1-3H3,(H,18,20). The Morgan fingerprint density at radius 1 is 1.30 bits per heavy atom. The van der Waals surface area contributed by atoms with Crippen LogP contribution in [0.3, 0.4) is 0 Å². The zero-order valence-electron chi connectivity index (χ0n) is 13.5. The zero-order chi connectivity index (χ0) is 15.0. The van der Waals surface area contributed by atoms with E-state index in [0.29, 0.717) is 0 Å². The van der Waals surface area contributed by atoms with Crippen LogP contribution in [0.1, 0.15) is 52.4 Å². The number of carbonyl (C=O) groups is 1. The number of piperidine rings is 1. The summed E-state index contributed by atoms with van der Waals surface area (Å²) in [7, 11) is 2.18. The SMILES string of the molecule is CC(N)CCCC(C)C(=O)NCCC1CCN(C)CC1. The summed E-state index contributed by atoms with van der Waals surface area (Å²) in [6, 6.07) is 0.245. The van der Waals surface area contributed by atoms with Crippen molar-refractivity contribution in [3.8, 4) is 0 Å². The van der Waals surface area contributed by atoms with E-state index in [9.17, 15) is 4.79 Å². The highest BCUT2D eigenvalue weighted by atomic mass is 16.1. The molecule has 1 rings (SSSR count). The predicted octanol–water partition coefficient (Wildman–Crippen LogP) is 1.99. The summed E-state index contributed by atoms with van der Waals surface area (Å²) in [5, 5.41) is 3.10. The van der Waals surface area contributed by atoms with Crippen molar-refractivity contribution in [1.29, 1.82) is 0 Å². The molecule has 1 aliphatic rings. The molecule has 0 bridgehead atoms. The molecule has 1 fully saturated rings. The fraction of sp³-hybridized carbons (Fsp3) is 0.938. The number of hydrogen-bond acceptors (Lipinski definition) is 3. The minimum absolute atomic E-state index is 0.117. The van der Waals surface area contributed by atoms with Gasteiger partial charge in [0.05, 0.1) is 0 Å². The van der Waals surface area contributed by atoms with E-state index in [2.05, 4.69) is 17.3 Å². The van der Waals surface area contributed by atoms with Crippen LogP contribution in [-0.4, -0.2) is 43.5 Å². The largest absolute Gasteiger partial charge is 0.356 e. The molecule has 0 radical (unpaired) electrons. The topological polar surface area (TPSA) is 58.4 Å². The van der Waals surface area contributed by atoms with Crippen molar-refractivity contribution < 1.29 is 4.79 Å². The third-order valence-electron chi connectivity index (χ3n) is 4.43. The number of amides is 1. The molecule has 2 unspecified atom stereocenters. The van der Waals surface area contributed by atoms with Crippen molar-refractivity contribution in [2.75, 3.05) is 26.7 Å². The lowest BCUT2D eigenvalue weighted by molar-refractivity contribution is -0.124. The maximum absolute atomic E-state index is 12.0. The molecular formula is C16H33N3O. The molecule has 0 aromatic heterocycles. The second kappa shape index (κ2) is 9.35. The van der Waals surface area contributed by atoms with Gasteiger partial charge in [-0.2, -0.15) is 0 Å². The molecule has 0 spiro atoms. The predicted molar refractivity (Wildman–Crippen MR) is 84.5 cm³/mol. The van der Waals surface area contributed by atoms with E-state index in [4.69, 9.17) is 5.73 Å². The van der Waals surface area contributed by atoms with Crippen molar-refractivity contribution in [3.05, 3.63) is 0 Å². The Morgan fingerprint density at radius 2 is 1.95 bits per heavy atom. The minimum Gasteiger partial charge on any atom is -0.356 e. The van der Waals surface area contributed by atoms with Gasteiger partial charge in [0, 0.05) is 18.5 Å². The van der Waals surface area contributed by atoms with Crippen LogP contribution in [0.5, 0.6) is 0 Å². The van der Waals surface area contributed by atoms with E-state index in [1.807, 2.05) is 13.8 Å². The minimum atomic E-state index is 0.117. The van der Waals surface area contributed by atoms with Gasteiger partial charge in [-0.1, -0.05) is 13.3 Å². The summed E-state index contributed by atoms with van der Waals surface area (Å²) >= 11 is 0. The zero-order valence-corrected chi connectivity index (χ0v) is 13.5. The molecule has 20 heavy (non-hydrogen) atoms. The lowest BCUT2D eigenvalue weighted by atomic mass is 9.94. The summed E-state index contributed by atoms with van der Waals surface area (Å²) in [5.74, 6) is 1.12. The van der Waals surface area contributed by atoms with Crippen LogP contribution in [0.2, 0.25) is 0 Å². The lowest BCUT2D eigenvalue weighted by Gasteiger charge is -2.29. The van der Waals surface area contributed by atoms with Crippen LogP contribution in [0.25, 0.3) is 0 Å². The highest BCUT2D eigenvalue weighted by Crippen LogP contribution is 2.18. The number of nitrogens with one attached hydrogen (secondary N) is 1. The van der Waals surface area contributed by atoms with Crippen molar-refractivity contribution in [1.82, 2.24) is 10.2 Å². The van der Waals surface area contributed by atoms with Crippen molar-refractivity contribution in [3.63, 3.8) is 0 Å². The van der Waals surface area contributed by atoms with Crippen molar-refractivity contribution in [2.45, 2.75) is 58.4 Å². The molecule has 4 nitrogen and oxygen atoms in total. The van der Waals surface area contributed by atoms with Crippen molar-refractivity contribution >= 4 is 5.91 Å². The molecule has 118 valence electrons. The average molecular weight is 283 g/mol. The summed E-state index contributed by atoms with van der Waals surface area (Å²) in [4.78, 5) is 14.3. The van der Waals surface area contributed by atoms with Crippen molar-refractivity contribution in [2.24, 2.45) is 17.6 Å². The molecule has 1 amide bonds. The summed E-state index contributed by atoms with van der Waals surface area (Å²) < 4.78 is 0. The number of rotatable bonds is 8. The van der Waals surface area contributed by atoms with E-state index in [-0.39, 0.29) is 17.9 Å². The summed E-state index contributed by atoms with van der Waals surface area (Å²) in [6.07, 6.45) is 6.68. The first kappa shape index (κ1) is 17.4. The van der Waals surface area contributed by atoms with Gasteiger partial charge in [-0.15, -0.1) is 0 Å². The van der Waals surface area contributed by atoms with Gasteiger partial charge in [-0.3, -0.25) is 4.79 Å². The highest BCUT2D eigenvalue weighted by Gasteiger charge is 2.17. The molecule has 1 aliphatic heterocycles. The van der Waals surface area contributed by atoms with Gasteiger partial charge in [-0.25, -0.2) is 0 Å². The Bertz CT molecular complexity index is 273. The van der Waals surface area contributed by atoms with Crippen LogP contribution in [0, 0.1) is 11.8 Å². The average Bonchev–Trinajstić information content (AvgIpc) is 2.40. The van der Waals surface area contributed by atoms with Gasteiger partial charge in [0.2, 0.25) is 5.91 Å². The van der Waals surface area contributed by atoms with E-state index >= 15 is 0 Å². The lowest BCUT2D eigenvalue weighted by Crippen LogP contribution is -2.34. The highest BCUT2D eigenvalue weighted by molar-refractivity contribution is 5.78. The molecular weight excluding hydrogens is 250 g/mol. The molecule has 0 aromatic carbocycles.